The summed E-state index contributed by atoms with van der Waals surface area (Å²) < 4.78 is 5.17. The molecule has 0 aromatic carbocycles. The minimum Gasteiger partial charge on any atom is -0.378 e. The van der Waals surface area contributed by atoms with Crippen molar-refractivity contribution in [3.05, 3.63) is 0 Å². The van der Waals surface area contributed by atoms with Crippen LogP contribution in [0.3, 0.4) is 0 Å². The molecule has 0 aromatic rings. The first-order chi connectivity index (χ1) is 8.27. The summed E-state index contributed by atoms with van der Waals surface area (Å²) in [5.74, 6) is -0.0169. The van der Waals surface area contributed by atoms with Crippen molar-refractivity contribution in [3.8, 4) is 0 Å². The van der Waals surface area contributed by atoms with E-state index in [0.29, 0.717) is 26.3 Å². The lowest BCUT2D eigenvalue weighted by Crippen LogP contribution is -2.46. The van der Waals surface area contributed by atoms with Crippen LogP contribution in [0.15, 0.2) is 0 Å². The van der Waals surface area contributed by atoms with Gasteiger partial charge >= 0.3 is 0 Å². The van der Waals surface area contributed by atoms with Crippen LogP contribution in [0.1, 0.15) is 6.42 Å². The smallest absolute Gasteiger partial charge is 0.242 e. The van der Waals surface area contributed by atoms with E-state index in [1.165, 1.54) is 0 Å². The molecule has 2 aliphatic rings. The molecule has 0 radical (unpaired) electrons. The van der Waals surface area contributed by atoms with Crippen LogP contribution in [0.4, 0.5) is 0 Å². The van der Waals surface area contributed by atoms with Gasteiger partial charge in [0.15, 0.2) is 0 Å². The van der Waals surface area contributed by atoms with Crippen LogP contribution in [0.2, 0.25) is 0 Å². The summed E-state index contributed by atoms with van der Waals surface area (Å²) in [6.45, 7) is 4.14. The van der Waals surface area contributed by atoms with Gasteiger partial charge in [-0.1, -0.05) is 0 Å². The average Bonchev–Trinajstić information content (AvgIpc) is 2.90. The second-order valence-corrected chi connectivity index (χ2v) is 4.40. The molecule has 2 rings (SSSR count). The molecule has 0 saturated carbocycles. The standard InChI is InChI=1S/C11H19N3O3/c15-10(14-3-5-17-6-4-14)8-13-11(16)9-1-2-12-7-9/h9,12H,1-8H2,(H,13,16). The molecule has 96 valence electrons. The van der Waals surface area contributed by atoms with Gasteiger partial charge in [-0.25, -0.2) is 0 Å². The fraction of sp³-hybridized carbons (Fsp3) is 0.818. The fourth-order valence-corrected chi connectivity index (χ4v) is 2.11. The number of ether oxygens (including phenoxy) is 1. The summed E-state index contributed by atoms with van der Waals surface area (Å²) in [5, 5.41) is 5.84. The molecule has 6 nitrogen and oxygen atoms in total. The molecule has 1 atom stereocenters. The van der Waals surface area contributed by atoms with Gasteiger partial charge in [-0.05, 0) is 13.0 Å². The highest BCUT2D eigenvalue weighted by atomic mass is 16.5. The molecule has 0 bridgehead atoms. The zero-order valence-corrected chi connectivity index (χ0v) is 9.91. The van der Waals surface area contributed by atoms with Crippen molar-refractivity contribution >= 4 is 11.8 Å². The molecular weight excluding hydrogens is 222 g/mol. The molecule has 2 N–H and O–H groups in total. The number of carbonyl (C=O) groups excluding carboxylic acids is 2. The Labute approximate surface area is 101 Å². The van der Waals surface area contributed by atoms with Gasteiger partial charge in [-0.3, -0.25) is 9.59 Å². The fourth-order valence-electron chi connectivity index (χ4n) is 2.11. The number of nitrogens with zero attached hydrogens (tertiary/aromatic N) is 1. The molecule has 17 heavy (non-hydrogen) atoms. The normalized spacial score (nSPS) is 24.7. The molecule has 2 saturated heterocycles. The van der Waals surface area contributed by atoms with Crippen molar-refractivity contribution < 1.29 is 14.3 Å². The van der Waals surface area contributed by atoms with Crippen LogP contribution in [-0.4, -0.2) is 62.7 Å². The quantitative estimate of drug-likeness (QED) is 0.635. The van der Waals surface area contributed by atoms with E-state index in [0.717, 1.165) is 19.5 Å². The maximum atomic E-state index is 11.8. The third-order valence-corrected chi connectivity index (χ3v) is 3.21. The highest BCUT2D eigenvalue weighted by Gasteiger charge is 2.23. The maximum Gasteiger partial charge on any atom is 0.242 e. The first kappa shape index (κ1) is 12.3. The van der Waals surface area contributed by atoms with E-state index < -0.39 is 0 Å². The van der Waals surface area contributed by atoms with E-state index in [4.69, 9.17) is 4.74 Å². The van der Waals surface area contributed by atoms with Crippen molar-refractivity contribution in [3.63, 3.8) is 0 Å². The molecule has 6 heteroatoms. The van der Waals surface area contributed by atoms with Gasteiger partial charge in [0.1, 0.15) is 0 Å². The highest BCUT2D eigenvalue weighted by Crippen LogP contribution is 2.06. The molecule has 0 aliphatic carbocycles. The van der Waals surface area contributed by atoms with Crippen molar-refractivity contribution in [1.29, 1.82) is 0 Å². The molecule has 2 aliphatic heterocycles. The highest BCUT2D eigenvalue weighted by molar-refractivity contribution is 5.86. The Hall–Kier alpha value is -1.14. The molecule has 0 spiro atoms. The number of hydrogen-bond donors (Lipinski definition) is 2. The van der Waals surface area contributed by atoms with E-state index >= 15 is 0 Å². The lowest BCUT2D eigenvalue weighted by atomic mass is 10.1. The van der Waals surface area contributed by atoms with Crippen LogP contribution < -0.4 is 10.6 Å². The van der Waals surface area contributed by atoms with Crippen LogP contribution in [0.5, 0.6) is 0 Å². The second kappa shape index (κ2) is 5.97. The first-order valence-corrected chi connectivity index (χ1v) is 6.11. The van der Waals surface area contributed by atoms with Gasteiger partial charge in [0.25, 0.3) is 0 Å². The Bertz CT molecular complexity index is 284. The minimum atomic E-state index is -0.0207. The molecule has 2 heterocycles. The van der Waals surface area contributed by atoms with Gasteiger partial charge < -0.3 is 20.3 Å². The van der Waals surface area contributed by atoms with Gasteiger partial charge in [0.05, 0.1) is 25.7 Å². The van der Waals surface area contributed by atoms with E-state index in [-0.39, 0.29) is 24.3 Å². The van der Waals surface area contributed by atoms with Crippen LogP contribution in [-0.2, 0) is 14.3 Å². The van der Waals surface area contributed by atoms with Crippen LogP contribution >= 0.6 is 0 Å². The average molecular weight is 241 g/mol. The predicted octanol–water partition coefficient (Wildman–Crippen LogP) is -1.43. The lowest BCUT2D eigenvalue weighted by Gasteiger charge is -2.27. The monoisotopic (exact) mass is 241 g/mol. The Morgan fingerprint density at radius 3 is 2.76 bits per heavy atom. The van der Waals surface area contributed by atoms with Crippen molar-refractivity contribution in [2.75, 3.05) is 45.9 Å². The summed E-state index contributed by atoms with van der Waals surface area (Å²) in [6.07, 6.45) is 0.859. The number of hydrogen-bond acceptors (Lipinski definition) is 4. The molecular formula is C11H19N3O3. The van der Waals surface area contributed by atoms with Crippen LogP contribution in [0, 0.1) is 5.92 Å². The van der Waals surface area contributed by atoms with Crippen LogP contribution in [0.25, 0.3) is 0 Å². The molecule has 2 fully saturated rings. The molecule has 1 unspecified atom stereocenters. The summed E-state index contributed by atoms with van der Waals surface area (Å²) >= 11 is 0. The van der Waals surface area contributed by atoms with Gasteiger partial charge in [-0.2, -0.15) is 0 Å². The summed E-state index contributed by atoms with van der Waals surface area (Å²) in [4.78, 5) is 25.2. The summed E-state index contributed by atoms with van der Waals surface area (Å²) in [6, 6.07) is 0. The van der Waals surface area contributed by atoms with Crippen molar-refractivity contribution in [2.45, 2.75) is 6.42 Å². The minimum absolute atomic E-state index is 0.0170. The first-order valence-electron chi connectivity index (χ1n) is 6.11. The Balaban J connectivity index is 1.69. The maximum absolute atomic E-state index is 11.8. The predicted molar refractivity (Wildman–Crippen MR) is 61.4 cm³/mol. The SMILES string of the molecule is O=C(NCC(=O)N1CCOCC1)C1CCNC1. The van der Waals surface area contributed by atoms with E-state index in [9.17, 15) is 9.59 Å². The third kappa shape index (κ3) is 3.41. The van der Waals surface area contributed by atoms with Gasteiger partial charge in [-0.15, -0.1) is 0 Å². The topological polar surface area (TPSA) is 70.7 Å². The molecule has 2 amide bonds. The van der Waals surface area contributed by atoms with Crippen molar-refractivity contribution in [1.82, 2.24) is 15.5 Å². The Kier molecular flexibility index (Phi) is 4.33. The number of amides is 2. The van der Waals surface area contributed by atoms with E-state index in [1.54, 1.807) is 4.90 Å². The lowest BCUT2D eigenvalue weighted by molar-refractivity contribution is -0.136. The second-order valence-electron chi connectivity index (χ2n) is 4.40. The zero-order chi connectivity index (χ0) is 12.1. The Morgan fingerprint density at radius 1 is 1.35 bits per heavy atom. The number of morpholine rings is 1. The van der Waals surface area contributed by atoms with E-state index in [2.05, 4.69) is 10.6 Å². The Morgan fingerprint density at radius 2 is 2.12 bits per heavy atom. The third-order valence-electron chi connectivity index (χ3n) is 3.21. The van der Waals surface area contributed by atoms with E-state index in [1.807, 2.05) is 0 Å². The van der Waals surface area contributed by atoms with Gasteiger partial charge in [0, 0.05) is 19.6 Å². The van der Waals surface area contributed by atoms with Gasteiger partial charge in [0.2, 0.25) is 11.8 Å². The number of carbonyl (C=O) groups is 2. The molecule has 0 aromatic heterocycles. The number of nitrogens with one attached hydrogen (secondary N) is 2. The zero-order valence-electron chi connectivity index (χ0n) is 9.91. The number of rotatable bonds is 3. The summed E-state index contributed by atoms with van der Waals surface area (Å²) in [5.41, 5.74) is 0. The van der Waals surface area contributed by atoms with Crippen molar-refractivity contribution in [2.24, 2.45) is 5.92 Å². The summed E-state index contributed by atoms with van der Waals surface area (Å²) in [7, 11) is 0. The largest absolute Gasteiger partial charge is 0.378 e.